The van der Waals surface area contributed by atoms with Gasteiger partial charge >= 0.3 is 0 Å². The Hall–Kier alpha value is -0.160. The topological polar surface area (TPSA) is 67.4 Å². The normalized spacial score (nSPS) is 33.1. The molecule has 3 rings (SSSR count). The molecule has 1 atom stereocenters. The standard InChI is InChI=1S/C18H34N4O3.HI/c1-15-3-5-18(6-4-15)24-14-16(25-18)13-21-17(19-2)20-7-8-22-9-11-23-12-10-22;/h15-16H,3-14H2,1-2H3,(H2,19,20,21);1H. The molecule has 1 unspecified atom stereocenters. The lowest BCUT2D eigenvalue weighted by molar-refractivity contribution is -0.191. The van der Waals surface area contributed by atoms with Gasteiger partial charge in [0.1, 0.15) is 6.10 Å². The van der Waals surface area contributed by atoms with Crippen molar-refractivity contribution in [3.05, 3.63) is 0 Å². The molecule has 1 saturated carbocycles. The van der Waals surface area contributed by atoms with Crippen LogP contribution in [0.5, 0.6) is 0 Å². The highest BCUT2D eigenvalue weighted by atomic mass is 127. The minimum Gasteiger partial charge on any atom is -0.379 e. The van der Waals surface area contributed by atoms with Gasteiger partial charge in [-0.1, -0.05) is 6.92 Å². The average Bonchev–Trinajstić information content (AvgIpc) is 3.04. The van der Waals surface area contributed by atoms with Crippen molar-refractivity contribution in [2.75, 3.05) is 59.6 Å². The SMILES string of the molecule is CN=C(NCCN1CCOCC1)NCC1COC2(CCC(C)CC2)O1.I. The Balaban J connectivity index is 0.00000243. The molecule has 0 aromatic heterocycles. The number of hydrogen-bond donors (Lipinski definition) is 2. The first-order valence-corrected chi connectivity index (χ1v) is 9.75. The van der Waals surface area contributed by atoms with Crippen LogP contribution < -0.4 is 10.6 Å². The molecule has 3 aliphatic rings. The summed E-state index contributed by atoms with van der Waals surface area (Å²) in [6, 6.07) is 0. The maximum atomic E-state index is 6.24. The molecule has 26 heavy (non-hydrogen) atoms. The second-order valence-corrected chi connectivity index (χ2v) is 7.48. The van der Waals surface area contributed by atoms with Gasteiger partial charge in [-0.05, 0) is 18.8 Å². The average molecular weight is 482 g/mol. The van der Waals surface area contributed by atoms with Crippen molar-refractivity contribution < 1.29 is 14.2 Å². The molecule has 152 valence electrons. The van der Waals surface area contributed by atoms with Crippen LogP contribution in [0.1, 0.15) is 32.6 Å². The number of guanidine groups is 1. The lowest BCUT2D eigenvalue weighted by Gasteiger charge is -2.34. The second-order valence-electron chi connectivity index (χ2n) is 7.48. The van der Waals surface area contributed by atoms with E-state index in [1.54, 1.807) is 7.05 Å². The molecule has 1 spiro atoms. The van der Waals surface area contributed by atoms with Gasteiger partial charge in [0.15, 0.2) is 11.7 Å². The van der Waals surface area contributed by atoms with Crippen LogP contribution in [0.15, 0.2) is 4.99 Å². The third-order valence-corrected chi connectivity index (χ3v) is 5.49. The van der Waals surface area contributed by atoms with Crippen molar-refractivity contribution in [1.82, 2.24) is 15.5 Å². The summed E-state index contributed by atoms with van der Waals surface area (Å²) in [6.45, 7) is 9.31. The molecule has 2 heterocycles. The number of aliphatic imine (C=N–C) groups is 1. The summed E-state index contributed by atoms with van der Waals surface area (Å²) in [6.07, 6.45) is 4.55. The molecule has 2 N–H and O–H groups in total. The Morgan fingerprint density at radius 3 is 2.62 bits per heavy atom. The summed E-state index contributed by atoms with van der Waals surface area (Å²) in [4.78, 5) is 6.71. The number of ether oxygens (including phenoxy) is 3. The lowest BCUT2D eigenvalue weighted by Crippen LogP contribution is -2.46. The van der Waals surface area contributed by atoms with Crippen LogP contribution in [-0.4, -0.2) is 82.3 Å². The first-order chi connectivity index (χ1) is 12.2. The van der Waals surface area contributed by atoms with Gasteiger partial charge in [0.25, 0.3) is 0 Å². The monoisotopic (exact) mass is 482 g/mol. The second kappa shape index (κ2) is 11.0. The number of halogens is 1. The van der Waals surface area contributed by atoms with Crippen molar-refractivity contribution in [3.8, 4) is 0 Å². The Kier molecular flexibility index (Phi) is 9.36. The summed E-state index contributed by atoms with van der Waals surface area (Å²) in [5.41, 5.74) is 0. The van der Waals surface area contributed by atoms with E-state index in [0.717, 1.165) is 70.7 Å². The van der Waals surface area contributed by atoms with E-state index in [0.29, 0.717) is 6.61 Å². The van der Waals surface area contributed by atoms with Crippen molar-refractivity contribution in [2.24, 2.45) is 10.9 Å². The van der Waals surface area contributed by atoms with Crippen LogP contribution in [0.4, 0.5) is 0 Å². The van der Waals surface area contributed by atoms with Crippen LogP contribution in [0, 0.1) is 5.92 Å². The highest BCUT2D eigenvalue weighted by Crippen LogP contribution is 2.39. The molecule has 8 heteroatoms. The number of rotatable bonds is 5. The largest absolute Gasteiger partial charge is 0.379 e. The fourth-order valence-electron chi connectivity index (χ4n) is 3.77. The third kappa shape index (κ3) is 6.47. The molecular formula is C18H35IN4O3. The number of nitrogens with zero attached hydrogens (tertiary/aromatic N) is 2. The minimum atomic E-state index is -0.313. The van der Waals surface area contributed by atoms with Crippen LogP contribution in [0.25, 0.3) is 0 Å². The summed E-state index contributed by atoms with van der Waals surface area (Å²) in [7, 11) is 1.81. The Morgan fingerprint density at radius 2 is 1.92 bits per heavy atom. The van der Waals surface area contributed by atoms with E-state index in [2.05, 4.69) is 27.4 Å². The summed E-state index contributed by atoms with van der Waals surface area (Å²) in [5, 5.41) is 6.75. The van der Waals surface area contributed by atoms with Gasteiger partial charge in [0, 0.05) is 52.6 Å². The molecule has 1 aliphatic carbocycles. The Morgan fingerprint density at radius 1 is 1.19 bits per heavy atom. The summed E-state index contributed by atoms with van der Waals surface area (Å²) < 4.78 is 17.6. The lowest BCUT2D eigenvalue weighted by atomic mass is 9.86. The number of nitrogens with one attached hydrogen (secondary N) is 2. The predicted octanol–water partition coefficient (Wildman–Crippen LogP) is 1.42. The van der Waals surface area contributed by atoms with Gasteiger partial charge < -0.3 is 24.8 Å². The fourth-order valence-corrected chi connectivity index (χ4v) is 3.77. The zero-order chi connectivity index (χ0) is 17.5. The Labute approximate surface area is 174 Å². The minimum absolute atomic E-state index is 0. The van der Waals surface area contributed by atoms with E-state index < -0.39 is 0 Å². The highest BCUT2D eigenvalue weighted by Gasteiger charge is 2.43. The quantitative estimate of drug-likeness (QED) is 0.351. The van der Waals surface area contributed by atoms with Crippen LogP contribution in [0.3, 0.4) is 0 Å². The van der Waals surface area contributed by atoms with E-state index >= 15 is 0 Å². The van der Waals surface area contributed by atoms with Gasteiger partial charge in [-0.15, -0.1) is 24.0 Å². The Bertz CT molecular complexity index is 438. The molecule has 0 radical (unpaired) electrons. The molecule has 0 aromatic carbocycles. The highest BCUT2D eigenvalue weighted by molar-refractivity contribution is 14.0. The van der Waals surface area contributed by atoms with Crippen LogP contribution >= 0.6 is 24.0 Å². The predicted molar refractivity (Wildman–Crippen MR) is 113 cm³/mol. The summed E-state index contributed by atoms with van der Waals surface area (Å²) >= 11 is 0. The number of hydrogen-bond acceptors (Lipinski definition) is 5. The van der Waals surface area contributed by atoms with Gasteiger partial charge in [0.05, 0.1) is 19.8 Å². The van der Waals surface area contributed by atoms with Crippen LogP contribution in [-0.2, 0) is 14.2 Å². The van der Waals surface area contributed by atoms with Gasteiger partial charge in [-0.25, -0.2) is 0 Å². The van der Waals surface area contributed by atoms with Gasteiger partial charge in [-0.2, -0.15) is 0 Å². The van der Waals surface area contributed by atoms with Gasteiger partial charge in [0.2, 0.25) is 0 Å². The molecule has 0 aromatic rings. The molecule has 0 amide bonds. The maximum absolute atomic E-state index is 6.24. The molecular weight excluding hydrogens is 447 g/mol. The van der Waals surface area contributed by atoms with Crippen molar-refractivity contribution in [2.45, 2.75) is 44.5 Å². The zero-order valence-corrected chi connectivity index (χ0v) is 18.5. The van der Waals surface area contributed by atoms with Gasteiger partial charge in [-0.3, -0.25) is 9.89 Å². The maximum Gasteiger partial charge on any atom is 0.191 e. The molecule has 7 nitrogen and oxygen atoms in total. The van der Waals surface area contributed by atoms with E-state index in [9.17, 15) is 0 Å². The van der Waals surface area contributed by atoms with E-state index in [4.69, 9.17) is 14.2 Å². The summed E-state index contributed by atoms with van der Waals surface area (Å²) in [5.74, 6) is 1.31. The van der Waals surface area contributed by atoms with E-state index in [1.807, 2.05) is 0 Å². The van der Waals surface area contributed by atoms with E-state index in [1.165, 1.54) is 12.8 Å². The van der Waals surface area contributed by atoms with Crippen molar-refractivity contribution in [3.63, 3.8) is 0 Å². The van der Waals surface area contributed by atoms with Crippen LogP contribution in [0.2, 0.25) is 0 Å². The molecule has 3 fully saturated rings. The third-order valence-electron chi connectivity index (χ3n) is 5.49. The van der Waals surface area contributed by atoms with Crippen molar-refractivity contribution >= 4 is 29.9 Å². The number of morpholine rings is 1. The van der Waals surface area contributed by atoms with E-state index in [-0.39, 0.29) is 35.9 Å². The zero-order valence-electron chi connectivity index (χ0n) is 16.2. The molecule has 2 saturated heterocycles. The fraction of sp³-hybridized carbons (Fsp3) is 0.944. The smallest absolute Gasteiger partial charge is 0.191 e. The first-order valence-electron chi connectivity index (χ1n) is 9.75. The first kappa shape index (κ1) is 22.1. The van der Waals surface area contributed by atoms with Crippen molar-refractivity contribution in [1.29, 1.82) is 0 Å². The molecule has 0 bridgehead atoms. The molecule has 2 aliphatic heterocycles.